The van der Waals surface area contributed by atoms with E-state index in [0.29, 0.717) is 13.0 Å². The van der Waals surface area contributed by atoms with Gasteiger partial charge in [0, 0.05) is 49.6 Å². The topological polar surface area (TPSA) is 40.9 Å². The van der Waals surface area contributed by atoms with Crippen LogP contribution in [0.4, 0.5) is 5.69 Å². The number of likely N-dealkylation sites (N-methyl/N-ethyl adjacent to an activating group) is 1. The first-order chi connectivity index (χ1) is 11.6. The van der Waals surface area contributed by atoms with E-state index in [-0.39, 0.29) is 11.9 Å². The zero-order chi connectivity index (χ0) is 16.7. The molecule has 3 aromatic rings. The Morgan fingerprint density at radius 2 is 2.21 bits per heavy atom. The molecule has 0 radical (unpaired) electrons. The molecule has 5 nitrogen and oxygen atoms in total. The normalized spacial score (nSPS) is 17.8. The highest BCUT2D eigenvalue weighted by atomic mass is 32.1. The van der Waals surface area contributed by atoms with Gasteiger partial charge in [0.05, 0.1) is 12.1 Å². The maximum atomic E-state index is 12.9. The number of carbonyl (C=O) groups is 1. The summed E-state index contributed by atoms with van der Waals surface area (Å²) in [5, 5.41) is 2.00. The number of anilines is 1. The van der Waals surface area contributed by atoms with Gasteiger partial charge >= 0.3 is 0 Å². The number of nitrogens with zero attached hydrogens (tertiary/aromatic N) is 4. The van der Waals surface area contributed by atoms with Crippen LogP contribution in [0.5, 0.6) is 0 Å². The Labute approximate surface area is 145 Å². The summed E-state index contributed by atoms with van der Waals surface area (Å²) in [7, 11) is 2.09. The van der Waals surface area contributed by atoms with Crippen LogP contribution in [-0.2, 0) is 17.8 Å². The van der Waals surface area contributed by atoms with Gasteiger partial charge in [0.15, 0.2) is 4.96 Å². The molecule has 3 heterocycles. The Kier molecular flexibility index (Phi) is 3.76. The zero-order valence-electron chi connectivity index (χ0n) is 13.8. The molecule has 0 saturated heterocycles. The molecule has 0 fully saturated rings. The number of rotatable bonds is 2. The highest BCUT2D eigenvalue weighted by Crippen LogP contribution is 2.26. The number of para-hydroxylation sites is 1. The number of imidazole rings is 1. The molecule has 0 bridgehead atoms. The molecule has 1 amide bonds. The van der Waals surface area contributed by atoms with Gasteiger partial charge in [-0.05, 0) is 18.6 Å². The fourth-order valence-electron chi connectivity index (χ4n) is 3.40. The third kappa shape index (κ3) is 2.67. The SMILES string of the molecule is CC1CN(C)c2ccccc2CN1C(=O)Cc1cn2ccsc2n1. The summed E-state index contributed by atoms with van der Waals surface area (Å²) in [6, 6.07) is 8.49. The number of aromatic nitrogens is 2. The molecule has 24 heavy (non-hydrogen) atoms. The van der Waals surface area contributed by atoms with Gasteiger partial charge in [-0.3, -0.25) is 9.20 Å². The highest BCUT2D eigenvalue weighted by molar-refractivity contribution is 7.15. The van der Waals surface area contributed by atoms with Gasteiger partial charge in [-0.2, -0.15) is 0 Å². The van der Waals surface area contributed by atoms with Gasteiger partial charge in [0.2, 0.25) is 5.91 Å². The first-order valence-corrected chi connectivity index (χ1v) is 8.99. The zero-order valence-corrected chi connectivity index (χ0v) is 14.7. The van der Waals surface area contributed by atoms with Crippen molar-refractivity contribution < 1.29 is 4.79 Å². The molecule has 4 rings (SSSR count). The van der Waals surface area contributed by atoms with Crippen LogP contribution < -0.4 is 4.90 Å². The number of thiazole rings is 1. The molecular weight excluding hydrogens is 320 g/mol. The Balaban J connectivity index is 1.58. The molecule has 1 unspecified atom stereocenters. The molecule has 124 valence electrons. The standard InChI is InChI=1S/C18H20N4OS/c1-13-10-20(2)16-6-4-3-5-14(16)11-22(13)17(23)9-15-12-21-7-8-24-18(21)19-15/h3-8,12-13H,9-11H2,1-2H3. The largest absolute Gasteiger partial charge is 0.372 e. The minimum atomic E-state index is 0.137. The van der Waals surface area contributed by atoms with Crippen molar-refractivity contribution in [3.05, 3.63) is 53.3 Å². The minimum absolute atomic E-state index is 0.137. The molecular formula is C18H20N4OS. The van der Waals surface area contributed by atoms with Crippen LogP contribution in [0.15, 0.2) is 42.0 Å². The lowest BCUT2D eigenvalue weighted by molar-refractivity contribution is -0.132. The van der Waals surface area contributed by atoms with Gasteiger partial charge in [0.25, 0.3) is 0 Å². The fraction of sp³-hybridized carbons (Fsp3) is 0.333. The maximum Gasteiger partial charge on any atom is 0.229 e. The van der Waals surface area contributed by atoms with Gasteiger partial charge in [-0.1, -0.05) is 18.2 Å². The Bertz CT molecular complexity index is 855. The first-order valence-electron chi connectivity index (χ1n) is 8.11. The van der Waals surface area contributed by atoms with Crippen LogP contribution >= 0.6 is 11.3 Å². The lowest BCUT2D eigenvalue weighted by atomic mass is 10.1. The van der Waals surface area contributed by atoms with E-state index in [4.69, 9.17) is 0 Å². The van der Waals surface area contributed by atoms with Gasteiger partial charge in [-0.15, -0.1) is 11.3 Å². The molecule has 0 saturated carbocycles. The average Bonchev–Trinajstić information content (AvgIpc) is 3.10. The number of carbonyl (C=O) groups excluding carboxylic acids is 1. The summed E-state index contributed by atoms with van der Waals surface area (Å²) in [4.78, 5) is 22.6. The van der Waals surface area contributed by atoms with E-state index in [1.54, 1.807) is 11.3 Å². The predicted molar refractivity (Wildman–Crippen MR) is 96.5 cm³/mol. The summed E-state index contributed by atoms with van der Waals surface area (Å²) >= 11 is 1.59. The van der Waals surface area contributed by atoms with Gasteiger partial charge in [0.1, 0.15) is 0 Å². The predicted octanol–water partition coefficient (Wildman–Crippen LogP) is 2.81. The molecule has 0 spiro atoms. The van der Waals surface area contributed by atoms with Crippen LogP contribution in [0.3, 0.4) is 0 Å². The second kappa shape index (κ2) is 5.94. The van der Waals surface area contributed by atoms with Crippen LogP contribution in [-0.4, -0.2) is 39.8 Å². The number of benzene rings is 1. The monoisotopic (exact) mass is 340 g/mol. The Morgan fingerprint density at radius 3 is 3.04 bits per heavy atom. The molecule has 1 aromatic carbocycles. The summed E-state index contributed by atoms with van der Waals surface area (Å²) < 4.78 is 1.97. The van der Waals surface area contributed by atoms with Crippen molar-refractivity contribution in [3.63, 3.8) is 0 Å². The second-order valence-corrected chi connectivity index (χ2v) is 7.25. The van der Waals surface area contributed by atoms with Gasteiger partial charge < -0.3 is 9.80 Å². The van der Waals surface area contributed by atoms with Crippen molar-refractivity contribution in [2.75, 3.05) is 18.5 Å². The molecule has 1 aliphatic heterocycles. The molecule has 1 atom stereocenters. The smallest absolute Gasteiger partial charge is 0.229 e. The molecule has 6 heteroatoms. The summed E-state index contributed by atoms with van der Waals surface area (Å²) in [6.07, 6.45) is 4.28. The van der Waals surface area contributed by atoms with Crippen molar-refractivity contribution >= 4 is 27.9 Å². The third-order valence-electron chi connectivity index (χ3n) is 4.61. The second-order valence-electron chi connectivity index (χ2n) is 6.38. The average molecular weight is 340 g/mol. The van der Waals surface area contributed by atoms with E-state index in [0.717, 1.165) is 17.2 Å². The summed E-state index contributed by atoms with van der Waals surface area (Å²) in [5.41, 5.74) is 3.25. The van der Waals surface area contributed by atoms with E-state index >= 15 is 0 Å². The van der Waals surface area contributed by atoms with Crippen LogP contribution in [0, 0.1) is 0 Å². The first kappa shape index (κ1) is 15.2. The number of hydrogen-bond acceptors (Lipinski definition) is 4. The summed E-state index contributed by atoms with van der Waals surface area (Å²) in [6.45, 7) is 3.61. The maximum absolute atomic E-state index is 12.9. The lowest BCUT2D eigenvalue weighted by Crippen LogP contribution is -2.42. The number of fused-ring (bicyclic) bond motifs is 2. The van der Waals surface area contributed by atoms with E-state index in [9.17, 15) is 4.79 Å². The van der Waals surface area contributed by atoms with Crippen LogP contribution in [0.1, 0.15) is 18.2 Å². The van der Waals surface area contributed by atoms with Crippen molar-refractivity contribution in [1.82, 2.24) is 14.3 Å². The Hall–Kier alpha value is -2.34. The fourth-order valence-corrected chi connectivity index (χ4v) is 4.12. The molecule has 2 aromatic heterocycles. The van der Waals surface area contributed by atoms with Crippen molar-refractivity contribution in [1.29, 1.82) is 0 Å². The molecule has 0 aliphatic carbocycles. The van der Waals surface area contributed by atoms with E-state index in [1.165, 1.54) is 11.3 Å². The number of hydrogen-bond donors (Lipinski definition) is 0. The van der Waals surface area contributed by atoms with E-state index in [1.807, 2.05) is 33.1 Å². The highest BCUT2D eigenvalue weighted by Gasteiger charge is 2.27. The molecule has 1 aliphatic rings. The van der Waals surface area contributed by atoms with E-state index in [2.05, 4.69) is 42.1 Å². The van der Waals surface area contributed by atoms with E-state index < -0.39 is 0 Å². The third-order valence-corrected chi connectivity index (χ3v) is 5.38. The van der Waals surface area contributed by atoms with Crippen molar-refractivity contribution in [2.45, 2.75) is 25.9 Å². The Morgan fingerprint density at radius 1 is 1.38 bits per heavy atom. The van der Waals surface area contributed by atoms with Crippen molar-refractivity contribution in [3.8, 4) is 0 Å². The quantitative estimate of drug-likeness (QED) is 0.720. The van der Waals surface area contributed by atoms with Crippen LogP contribution in [0.2, 0.25) is 0 Å². The minimum Gasteiger partial charge on any atom is -0.372 e. The van der Waals surface area contributed by atoms with Gasteiger partial charge in [-0.25, -0.2) is 4.98 Å². The lowest BCUT2D eigenvalue weighted by Gasteiger charge is -2.28. The summed E-state index contributed by atoms with van der Waals surface area (Å²) in [5.74, 6) is 0.137. The van der Waals surface area contributed by atoms with Crippen molar-refractivity contribution in [2.24, 2.45) is 0 Å². The number of amides is 1. The molecule has 0 N–H and O–H groups in total. The van der Waals surface area contributed by atoms with Crippen LogP contribution in [0.25, 0.3) is 4.96 Å².